The normalized spacial score (nSPS) is 15.5. The van der Waals surface area contributed by atoms with Gasteiger partial charge in [-0.1, -0.05) is 18.2 Å². The maximum Gasteiger partial charge on any atom is 0.245 e. The number of aromatic nitrogens is 4. The smallest absolute Gasteiger partial charge is 0.245 e. The topological polar surface area (TPSA) is 119 Å². The van der Waals surface area contributed by atoms with E-state index in [4.69, 9.17) is 18.6 Å². The van der Waals surface area contributed by atoms with Crippen molar-refractivity contribution >= 4 is 40.5 Å². The number of sulfonamides is 1. The Morgan fingerprint density at radius 1 is 1.12 bits per heavy atom. The van der Waals surface area contributed by atoms with E-state index in [9.17, 15) is 8.42 Å². The van der Waals surface area contributed by atoms with Crippen molar-refractivity contribution in [2.75, 3.05) is 24.1 Å². The van der Waals surface area contributed by atoms with Gasteiger partial charge in [-0.05, 0) is 42.1 Å². The Labute approximate surface area is 199 Å². The standard InChI is InChI=1S/C23H24BN7O2S/c24-18-15-28-31-22(27-14-16-4-3-9-26-13-16)12-20(29-23(18)31)17-7-10-30(11-8-17)34(32,33)21-6-2-1-5-19(21)25/h1-6,9,12-13,15,17,27H,7-8,10-11,14,25H2. The Hall–Kier alpha value is -3.44. The van der Waals surface area contributed by atoms with Crippen LogP contribution in [0.25, 0.3) is 5.65 Å². The molecule has 3 N–H and O–H groups in total. The van der Waals surface area contributed by atoms with Gasteiger partial charge in [0.2, 0.25) is 10.0 Å². The molecule has 3 aromatic heterocycles. The molecule has 0 bridgehead atoms. The number of para-hydroxylation sites is 1. The monoisotopic (exact) mass is 473 g/mol. The molecule has 1 fully saturated rings. The summed E-state index contributed by atoms with van der Waals surface area (Å²) in [7, 11) is 2.48. The third-order valence-electron chi connectivity index (χ3n) is 6.12. The van der Waals surface area contributed by atoms with Crippen LogP contribution >= 0.6 is 0 Å². The lowest BCUT2D eigenvalue weighted by Gasteiger charge is -2.31. The van der Waals surface area contributed by atoms with E-state index in [2.05, 4.69) is 15.4 Å². The second-order valence-electron chi connectivity index (χ2n) is 8.33. The highest BCUT2D eigenvalue weighted by Gasteiger charge is 2.32. The van der Waals surface area contributed by atoms with E-state index < -0.39 is 10.0 Å². The highest BCUT2D eigenvalue weighted by molar-refractivity contribution is 7.89. The molecule has 1 aromatic carbocycles. The largest absolute Gasteiger partial charge is 0.398 e. The van der Waals surface area contributed by atoms with E-state index in [1.54, 1.807) is 47.4 Å². The van der Waals surface area contributed by atoms with Gasteiger partial charge in [0.25, 0.3) is 0 Å². The van der Waals surface area contributed by atoms with Gasteiger partial charge >= 0.3 is 0 Å². The second-order valence-corrected chi connectivity index (χ2v) is 10.2. The number of rotatable bonds is 6. The van der Waals surface area contributed by atoms with Gasteiger partial charge in [0.05, 0.1) is 5.69 Å². The van der Waals surface area contributed by atoms with Crippen LogP contribution in [0.5, 0.6) is 0 Å². The molecule has 4 heterocycles. The highest BCUT2D eigenvalue weighted by Crippen LogP contribution is 2.32. The average Bonchev–Trinajstić information content (AvgIpc) is 3.24. The summed E-state index contributed by atoms with van der Waals surface area (Å²) < 4.78 is 29.4. The molecule has 2 radical (unpaired) electrons. The van der Waals surface area contributed by atoms with Gasteiger partial charge < -0.3 is 11.1 Å². The fraction of sp³-hybridized carbons (Fsp3) is 0.261. The molecule has 0 amide bonds. The van der Waals surface area contributed by atoms with E-state index in [1.165, 1.54) is 4.31 Å². The second kappa shape index (κ2) is 9.07. The molecule has 9 nitrogen and oxygen atoms in total. The number of nitrogen functional groups attached to an aromatic ring is 1. The van der Waals surface area contributed by atoms with E-state index >= 15 is 0 Å². The fourth-order valence-electron chi connectivity index (χ4n) is 4.28. The molecule has 172 valence electrons. The lowest BCUT2D eigenvalue weighted by atomic mass is 9.94. The maximum atomic E-state index is 13.1. The van der Waals surface area contributed by atoms with E-state index in [0.717, 1.165) is 17.1 Å². The maximum absolute atomic E-state index is 13.1. The number of nitrogens with zero attached hydrogens (tertiary/aromatic N) is 5. The summed E-state index contributed by atoms with van der Waals surface area (Å²) in [5, 5.41) is 7.76. The van der Waals surface area contributed by atoms with Crippen LogP contribution in [-0.4, -0.2) is 53.2 Å². The Bertz CT molecular complexity index is 1420. The summed E-state index contributed by atoms with van der Waals surface area (Å²) in [6.07, 6.45) is 6.41. The number of nitrogens with two attached hydrogens (primary N) is 1. The molecule has 34 heavy (non-hydrogen) atoms. The Balaban J connectivity index is 1.37. The molecular formula is C23H24BN7O2S. The van der Waals surface area contributed by atoms with Gasteiger partial charge in [0.15, 0.2) is 0 Å². The zero-order valence-corrected chi connectivity index (χ0v) is 19.3. The first-order valence-electron chi connectivity index (χ1n) is 11.0. The van der Waals surface area contributed by atoms with Gasteiger partial charge in [0.1, 0.15) is 24.2 Å². The van der Waals surface area contributed by atoms with Gasteiger partial charge in [-0.2, -0.15) is 13.9 Å². The third-order valence-corrected chi connectivity index (χ3v) is 8.10. The summed E-state index contributed by atoms with van der Waals surface area (Å²) in [6, 6.07) is 12.4. The molecule has 1 saturated heterocycles. The summed E-state index contributed by atoms with van der Waals surface area (Å²) in [6.45, 7) is 1.35. The van der Waals surface area contributed by atoms with Crippen molar-refractivity contribution in [3.8, 4) is 0 Å². The number of nitrogens with one attached hydrogen (secondary N) is 1. The summed E-state index contributed by atoms with van der Waals surface area (Å²) in [4.78, 5) is 9.08. The first kappa shape index (κ1) is 22.4. The molecule has 0 atom stereocenters. The number of hydrogen-bond donors (Lipinski definition) is 2. The van der Waals surface area contributed by atoms with E-state index in [0.29, 0.717) is 43.6 Å². The number of anilines is 2. The summed E-state index contributed by atoms with van der Waals surface area (Å²) >= 11 is 0. The quantitative estimate of drug-likeness (QED) is 0.323. The Morgan fingerprint density at radius 3 is 2.65 bits per heavy atom. The molecule has 0 aliphatic carbocycles. The zero-order valence-electron chi connectivity index (χ0n) is 18.5. The number of piperidine rings is 1. The first-order valence-corrected chi connectivity index (χ1v) is 12.5. The third kappa shape index (κ3) is 4.24. The van der Waals surface area contributed by atoms with Crippen molar-refractivity contribution in [3.05, 3.63) is 72.3 Å². The molecule has 0 saturated carbocycles. The van der Waals surface area contributed by atoms with Crippen LogP contribution < -0.4 is 16.5 Å². The van der Waals surface area contributed by atoms with Crippen molar-refractivity contribution in [2.24, 2.45) is 0 Å². The number of fused-ring (bicyclic) bond motifs is 1. The highest BCUT2D eigenvalue weighted by atomic mass is 32.2. The predicted molar refractivity (Wildman–Crippen MR) is 132 cm³/mol. The van der Waals surface area contributed by atoms with Gasteiger partial charge in [-0.25, -0.2) is 13.4 Å². The molecule has 0 spiro atoms. The zero-order chi connectivity index (χ0) is 23.7. The lowest BCUT2D eigenvalue weighted by molar-refractivity contribution is 0.317. The van der Waals surface area contributed by atoms with Crippen molar-refractivity contribution in [3.63, 3.8) is 0 Å². The molecule has 0 unspecified atom stereocenters. The van der Waals surface area contributed by atoms with Gasteiger partial charge in [0, 0.05) is 55.9 Å². The Morgan fingerprint density at radius 2 is 1.91 bits per heavy atom. The Kier molecular flexibility index (Phi) is 5.97. The molecule has 1 aliphatic heterocycles. The number of benzene rings is 1. The van der Waals surface area contributed by atoms with Crippen LogP contribution in [0, 0.1) is 0 Å². The summed E-state index contributed by atoms with van der Waals surface area (Å²) in [5.41, 5.74) is 9.16. The average molecular weight is 473 g/mol. The summed E-state index contributed by atoms with van der Waals surface area (Å²) in [5.74, 6) is 0.866. The molecule has 1 aliphatic rings. The SMILES string of the molecule is [B]c1cnn2c(NCc3cccnc3)cc(C3CCN(S(=O)(=O)c4ccccc4N)CC3)nc12. The minimum absolute atomic E-state index is 0.0952. The molecular weight excluding hydrogens is 449 g/mol. The fourth-order valence-corrected chi connectivity index (χ4v) is 5.86. The predicted octanol–water partition coefficient (Wildman–Crippen LogP) is 1.68. The van der Waals surface area contributed by atoms with Crippen LogP contribution in [0.4, 0.5) is 11.5 Å². The van der Waals surface area contributed by atoms with Crippen molar-refractivity contribution in [2.45, 2.75) is 30.2 Å². The molecule has 4 aromatic rings. The number of hydrogen-bond acceptors (Lipinski definition) is 7. The van der Waals surface area contributed by atoms with Crippen LogP contribution in [0.15, 0.2) is 66.0 Å². The number of pyridine rings is 1. The van der Waals surface area contributed by atoms with Crippen molar-refractivity contribution in [1.82, 2.24) is 23.9 Å². The van der Waals surface area contributed by atoms with Crippen molar-refractivity contribution in [1.29, 1.82) is 0 Å². The van der Waals surface area contributed by atoms with Crippen LogP contribution in [0.1, 0.15) is 30.0 Å². The van der Waals surface area contributed by atoms with E-state index in [-0.39, 0.29) is 16.5 Å². The van der Waals surface area contributed by atoms with Crippen LogP contribution in [0.2, 0.25) is 0 Å². The van der Waals surface area contributed by atoms with Gasteiger partial charge in [-0.3, -0.25) is 4.98 Å². The van der Waals surface area contributed by atoms with Crippen LogP contribution in [-0.2, 0) is 16.6 Å². The first-order chi connectivity index (χ1) is 16.4. The minimum atomic E-state index is -3.64. The lowest BCUT2D eigenvalue weighted by Crippen LogP contribution is -2.38. The molecule has 11 heteroatoms. The molecule has 5 rings (SSSR count). The van der Waals surface area contributed by atoms with E-state index in [1.807, 2.05) is 18.2 Å². The minimum Gasteiger partial charge on any atom is -0.398 e. The van der Waals surface area contributed by atoms with Crippen LogP contribution in [0.3, 0.4) is 0 Å². The van der Waals surface area contributed by atoms with Gasteiger partial charge in [-0.15, -0.1) is 0 Å². The van der Waals surface area contributed by atoms with Crippen molar-refractivity contribution < 1.29 is 8.42 Å².